The summed E-state index contributed by atoms with van der Waals surface area (Å²) in [6.45, 7) is 0. The predicted molar refractivity (Wildman–Crippen MR) is 57.4 cm³/mol. The number of hydrogen-bond donors (Lipinski definition) is 2. The van der Waals surface area contributed by atoms with Gasteiger partial charge in [0.05, 0.1) is 6.42 Å². The fourth-order valence-corrected chi connectivity index (χ4v) is 1.49. The molecule has 88 valence electrons. The van der Waals surface area contributed by atoms with Gasteiger partial charge in [-0.1, -0.05) is 0 Å². The highest BCUT2D eigenvalue weighted by Crippen LogP contribution is 2.00. The zero-order chi connectivity index (χ0) is 12.4. The van der Waals surface area contributed by atoms with Crippen molar-refractivity contribution in [1.29, 1.82) is 0 Å². The Labute approximate surface area is 94.6 Å². The summed E-state index contributed by atoms with van der Waals surface area (Å²) < 4.78 is 1.48. The largest absolute Gasteiger partial charge is 0.511 e. The molecule has 0 aliphatic heterocycles. The number of carboxylic acids is 1. The van der Waals surface area contributed by atoms with Crippen LogP contribution in [0.5, 0.6) is 0 Å². The molecule has 7 heteroatoms. The fourth-order valence-electron chi connectivity index (χ4n) is 1.49. The lowest BCUT2D eigenvalue weighted by molar-refractivity contribution is -0.136. The zero-order valence-corrected chi connectivity index (χ0v) is 8.70. The fraction of sp³-hybridized carbons (Fsp3) is 0.200. The van der Waals surface area contributed by atoms with Gasteiger partial charge in [0.25, 0.3) is 0 Å². The molecule has 0 bridgehead atoms. The standard InChI is InChI=1S/C10H9N3O4/c14-6(1-2-8(16)17)9-7(15)3-4-13-5-11-12-10(9)13/h3-5,14H,1-2H2,(H,16,17)/b9-6-. The summed E-state index contributed by atoms with van der Waals surface area (Å²) in [7, 11) is 0. The van der Waals surface area contributed by atoms with Gasteiger partial charge in [0.15, 0.2) is 11.1 Å². The first kappa shape index (κ1) is 11.1. The third-order valence-electron chi connectivity index (χ3n) is 2.29. The van der Waals surface area contributed by atoms with Crippen LogP contribution in [0.3, 0.4) is 0 Å². The van der Waals surface area contributed by atoms with E-state index in [-0.39, 0.29) is 29.5 Å². The number of rotatable bonds is 3. The minimum absolute atomic E-state index is 0.00579. The van der Waals surface area contributed by atoms with Crippen LogP contribution in [0.1, 0.15) is 12.8 Å². The number of aliphatic hydroxyl groups excluding tert-OH is 1. The number of hydrogen-bond acceptors (Lipinski definition) is 5. The van der Waals surface area contributed by atoms with Crippen LogP contribution in [0.25, 0.3) is 11.4 Å². The van der Waals surface area contributed by atoms with Crippen LogP contribution < -0.4 is 10.6 Å². The Kier molecular flexibility index (Phi) is 2.73. The molecule has 0 aliphatic rings. The van der Waals surface area contributed by atoms with Gasteiger partial charge in [-0.25, -0.2) is 0 Å². The Hall–Kier alpha value is -2.44. The van der Waals surface area contributed by atoms with Crippen molar-refractivity contribution in [3.05, 3.63) is 34.0 Å². The van der Waals surface area contributed by atoms with Gasteiger partial charge >= 0.3 is 5.97 Å². The van der Waals surface area contributed by atoms with Crippen molar-refractivity contribution < 1.29 is 15.0 Å². The zero-order valence-electron chi connectivity index (χ0n) is 8.70. The Morgan fingerprint density at radius 1 is 1.35 bits per heavy atom. The van der Waals surface area contributed by atoms with E-state index in [2.05, 4.69) is 10.2 Å². The van der Waals surface area contributed by atoms with Gasteiger partial charge in [-0.2, -0.15) is 0 Å². The minimum Gasteiger partial charge on any atom is -0.511 e. The van der Waals surface area contributed by atoms with Crippen molar-refractivity contribution in [2.45, 2.75) is 12.8 Å². The molecule has 17 heavy (non-hydrogen) atoms. The molecule has 0 radical (unpaired) electrons. The van der Waals surface area contributed by atoms with Crippen molar-refractivity contribution in [2.75, 3.05) is 0 Å². The third-order valence-corrected chi connectivity index (χ3v) is 2.29. The van der Waals surface area contributed by atoms with Crippen molar-refractivity contribution >= 4 is 17.4 Å². The molecule has 0 amide bonds. The number of pyridine rings is 1. The summed E-state index contributed by atoms with van der Waals surface area (Å²) in [5.74, 6) is -1.33. The van der Waals surface area contributed by atoms with Crippen LogP contribution in [0.4, 0.5) is 0 Å². The highest BCUT2D eigenvalue weighted by Gasteiger charge is 2.08. The number of carbonyl (C=O) groups is 1. The maximum atomic E-state index is 11.6. The van der Waals surface area contributed by atoms with E-state index < -0.39 is 11.4 Å². The third kappa shape index (κ3) is 2.07. The number of fused-ring (bicyclic) bond motifs is 1. The first-order valence-electron chi connectivity index (χ1n) is 4.86. The van der Waals surface area contributed by atoms with Crippen molar-refractivity contribution in [2.24, 2.45) is 0 Å². The van der Waals surface area contributed by atoms with Crippen molar-refractivity contribution in [3.8, 4) is 0 Å². The maximum absolute atomic E-state index is 11.6. The van der Waals surface area contributed by atoms with Crippen molar-refractivity contribution in [1.82, 2.24) is 14.6 Å². The number of carboxylic acid groups (broad SMARTS) is 1. The second kappa shape index (κ2) is 4.20. The van der Waals surface area contributed by atoms with Gasteiger partial charge in [-0.3, -0.25) is 14.0 Å². The Morgan fingerprint density at radius 2 is 2.12 bits per heavy atom. The summed E-state index contributed by atoms with van der Waals surface area (Å²) >= 11 is 0. The first-order chi connectivity index (χ1) is 8.09. The number of aliphatic hydroxyl groups is 1. The number of aromatic nitrogens is 3. The molecular formula is C10H9N3O4. The van der Waals surface area contributed by atoms with E-state index in [1.807, 2.05) is 0 Å². The molecule has 2 rings (SSSR count). The molecule has 0 aromatic carbocycles. The topological polar surface area (TPSA) is 105 Å². The molecule has 2 aromatic heterocycles. The number of nitrogens with zero attached hydrogens (tertiary/aromatic N) is 3. The van der Waals surface area contributed by atoms with Crippen LogP contribution in [0, 0.1) is 0 Å². The summed E-state index contributed by atoms with van der Waals surface area (Å²) in [5.41, 5.74) is -0.186. The highest BCUT2D eigenvalue weighted by molar-refractivity contribution is 5.68. The SMILES string of the molecule is O=C(O)CC/C(O)=c1\c(=O)ccn2cnnc12. The van der Waals surface area contributed by atoms with E-state index >= 15 is 0 Å². The predicted octanol–water partition coefficient (Wildman–Crippen LogP) is -0.661. The number of aliphatic carboxylic acids is 1. The Bertz CT molecular complexity index is 676. The van der Waals surface area contributed by atoms with Crippen LogP contribution in [0.15, 0.2) is 23.4 Å². The Morgan fingerprint density at radius 3 is 2.82 bits per heavy atom. The van der Waals surface area contributed by atoms with E-state index in [1.54, 1.807) is 0 Å². The highest BCUT2D eigenvalue weighted by atomic mass is 16.4. The van der Waals surface area contributed by atoms with Gasteiger partial charge in [0.1, 0.15) is 17.3 Å². The smallest absolute Gasteiger partial charge is 0.303 e. The second-order valence-electron chi connectivity index (χ2n) is 3.46. The second-order valence-corrected chi connectivity index (χ2v) is 3.46. The van der Waals surface area contributed by atoms with Gasteiger partial charge in [0, 0.05) is 18.7 Å². The van der Waals surface area contributed by atoms with Crippen LogP contribution in [-0.4, -0.2) is 30.8 Å². The minimum atomic E-state index is -1.04. The van der Waals surface area contributed by atoms with Crippen LogP contribution >= 0.6 is 0 Å². The van der Waals surface area contributed by atoms with Crippen LogP contribution in [-0.2, 0) is 4.79 Å². The lowest BCUT2D eigenvalue weighted by Crippen LogP contribution is -2.29. The molecule has 0 unspecified atom stereocenters. The molecule has 2 heterocycles. The average molecular weight is 235 g/mol. The summed E-state index contributed by atoms with van der Waals surface area (Å²) in [4.78, 5) is 22.0. The maximum Gasteiger partial charge on any atom is 0.303 e. The monoisotopic (exact) mass is 235 g/mol. The molecule has 0 spiro atoms. The molecule has 7 nitrogen and oxygen atoms in total. The van der Waals surface area contributed by atoms with Gasteiger partial charge in [-0.05, 0) is 0 Å². The first-order valence-corrected chi connectivity index (χ1v) is 4.86. The molecule has 0 saturated heterocycles. The molecule has 0 atom stereocenters. The summed E-state index contributed by atoms with van der Waals surface area (Å²) in [5, 5.41) is 25.6. The normalized spacial score (nSPS) is 12.7. The van der Waals surface area contributed by atoms with Crippen molar-refractivity contribution in [3.63, 3.8) is 0 Å². The molecule has 2 N–H and O–H groups in total. The Balaban J connectivity index is 2.63. The molecule has 0 aliphatic carbocycles. The molecule has 2 aromatic rings. The van der Waals surface area contributed by atoms with Gasteiger partial charge in [-0.15, -0.1) is 10.2 Å². The molecule has 0 fully saturated rings. The molecule has 0 saturated carbocycles. The van der Waals surface area contributed by atoms with E-state index in [0.29, 0.717) is 0 Å². The lowest BCUT2D eigenvalue weighted by Gasteiger charge is -1.97. The van der Waals surface area contributed by atoms with E-state index in [1.165, 1.54) is 23.0 Å². The summed E-state index contributed by atoms with van der Waals surface area (Å²) in [6.07, 6.45) is 2.51. The van der Waals surface area contributed by atoms with Gasteiger partial charge < -0.3 is 10.2 Å². The van der Waals surface area contributed by atoms with Gasteiger partial charge in [0.2, 0.25) is 0 Å². The van der Waals surface area contributed by atoms with E-state index in [4.69, 9.17) is 5.11 Å². The lowest BCUT2D eigenvalue weighted by atomic mass is 10.2. The van der Waals surface area contributed by atoms with Crippen LogP contribution in [0.2, 0.25) is 0 Å². The molecular weight excluding hydrogens is 226 g/mol. The summed E-state index contributed by atoms with van der Waals surface area (Å²) in [6, 6.07) is 1.27. The quantitative estimate of drug-likeness (QED) is 0.731. The average Bonchev–Trinajstić information content (AvgIpc) is 2.73. The van der Waals surface area contributed by atoms with E-state index in [9.17, 15) is 14.7 Å². The van der Waals surface area contributed by atoms with E-state index in [0.717, 1.165) is 0 Å².